The van der Waals surface area contributed by atoms with E-state index in [4.69, 9.17) is 9.88 Å². The predicted molar refractivity (Wildman–Crippen MR) is 78.6 cm³/mol. The number of benzene rings is 1. The van der Waals surface area contributed by atoms with Gasteiger partial charge in [0.2, 0.25) is 10.0 Å². The Labute approximate surface area is 124 Å². The number of nitrogens with two attached hydrogens (primary N) is 1. The minimum Gasteiger partial charge on any atom is -0.493 e. The summed E-state index contributed by atoms with van der Waals surface area (Å²) in [5.41, 5.74) is 0.191. The molecule has 1 saturated carbocycles. The molecule has 2 atom stereocenters. The number of carbonyl (C=O) groups is 1. The van der Waals surface area contributed by atoms with E-state index in [1.165, 1.54) is 18.2 Å². The van der Waals surface area contributed by atoms with Crippen molar-refractivity contribution < 1.29 is 17.9 Å². The van der Waals surface area contributed by atoms with Crippen molar-refractivity contribution in [3.05, 3.63) is 23.8 Å². The van der Waals surface area contributed by atoms with Gasteiger partial charge in [-0.3, -0.25) is 4.79 Å². The van der Waals surface area contributed by atoms with Crippen LogP contribution in [-0.4, -0.2) is 27.5 Å². The molecule has 1 aromatic rings. The molecule has 0 heterocycles. The van der Waals surface area contributed by atoms with Crippen LogP contribution in [0.15, 0.2) is 23.1 Å². The Hall–Kier alpha value is -1.60. The average molecular weight is 312 g/mol. The van der Waals surface area contributed by atoms with Crippen molar-refractivity contribution in [2.45, 2.75) is 25.2 Å². The molecule has 1 aliphatic rings. The van der Waals surface area contributed by atoms with E-state index in [1.54, 1.807) is 6.92 Å². The van der Waals surface area contributed by atoms with Gasteiger partial charge in [-0.05, 0) is 43.4 Å². The molecule has 1 aliphatic carbocycles. The molecule has 0 saturated heterocycles. The van der Waals surface area contributed by atoms with Crippen molar-refractivity contribution >= 4 is 15.9 Å². The zero-order valence-corrected chi connectivity index (χ0v) is 12.9. The molecule has 2 rings (SSSR count). The second-order valence-corrected chi connectivity index (χ2v) is 6.88. The smallest absolute Gasteiger partial charge is 0.255 e. The Morgan fingerprint density at radius 1 is 1.48 bits per heavy atom. The number of carbonyl (C=O) groups excluding carboxylic acids is 1. The zero-order chi connectivity index (χ0) is 15.6. The molecular weight excluding hydrogens is 292 g/mol. The molecule has 6 nitrogen and oxygen atoms in total. The van der Waals surface area contributed by atoms with Gasteiger partial charge in [0.1, 0.15) is 5.75 Å². The number of rotatable bonds is 6. The van der Waals surface area contributed by atoms with E-state index in [-0.39, 0.29) is 16.4 Å². The fourth-order valence-electron chi connectivity index (χ4n) is 2.15. The van der Waals surface area contributed by atoms with Gasteiger partial charge in [-0.15, -0.1) is 0 Å². The Bertz CT molecular complexity index is 642. The van der Waals surface area contributed by atoms with Gasteiger partial charge in [0, 0.05) is 6.54 Å². The number of hydrogen-bond acceptors (Lipinski definition) is 4. The van der Waals surface area contributed by atoms with Crippen LogP contribution in [0.1, 0.15) is 30.6 Å². The average Bonchev–Trinajstić information content (AvgIpc) is 3.11. The first-order valence-corrected chi connectivity index (χ1v) is 8.45. The lowest BCUT2D eigenvalue weighted by molar-refractivity contribution is 0.0947. The maximum Gasteiger partial charge on any atom is 0.255 e. The Morgan fingerprint density at radius 2 is 2.14 bits per heavy atom. The van der Waals surface area contributed by atoms with E-state index >= 15 is 0 Å². The molecule has 3 N–H and O–H groups in total. The molecule has 7 heteroatoms. The summed E-state index contributed by atoms with van der Waals surface area (Å²) in [7, 11) is -3.85. The van der Waals surface area contributed by atoms with Crippen LogP contribution in [0.3, 0.4) is 0 Å². The highest BCUT2D eigenvalue weighted by atomic mass is 32.2. The summed E-state index contributed by atoms with van der Waals surface area (Å²) in [4.78, 5) is 12.1. The van der Waals surface area contributed by atoms with Crippen molar-refractivity contribution in [1.82, 2.24) is 5.32 Å². The van der Waals surface area contributed by atoms with E-state index < -0.39 is 10.0 Å². The highest BCUT2D eigenvalue weighted by molar-refractivity contribution is 7.89. The fraction of sp³-hybridized carbons (Fsp3) is 0.500. The van der Waals surface area contributed by atoms with Crippen molar-refractivity contribution in [3.63, 3.8) is 0 Å². The van der Waals surface area contributed by atoms with Crippen LogP contribution < -0.4 is 15.2 Å². The lowest BCUT2D eigenvalue weighted by Gasteiger charge is -2.12. The first kappa shape index (κ1) is 15.8. The maximum atomic E-state index is 12.2. The molecule has 0 aliphatic heterocycles. The van der Waals surface area contributed by atoms with Crippen LogP contribution in [-0.2, 0) is 10.0 Å². The van der Waals surface area contributed by atoms with Crippen molar-refractivity contribution in [2.75, 3.05) is 13.2 Å². The molecule has 116 valence electrons. The number of ether oxygens (including phenoxy) is 1. The predicted octanol–water partition coefficient (Wildman–Crippen LogP) is 1.12. The standard InChI is InChI=1S/C14H20N2O4S/c1-3-20-13-5-4-11(21(15,18)19)7-12(13)14(17)16-8-10-6-9(10)2/h4-5,7,9-10H,3,6,8H2,1-2H3,(H,16,17)(H2,15,18,19). The van der Waals surface area contributed by atoms with Gasteiger partial charge in [-0.25, -0.2) is 13.6 Å². The monoisotopic (exact) mass is 312 g/mol. The van der Waals surface area contributed by atoms with Crippen LogP contribution in [0.25, 0.3) is 0 Å². The van der Waals surface area contributed by atoms with Gasteiger partial charge in [0.05, 0.1) is 17.1 Å². The van der Waals surface area contributed by atoms with Crippen LogP contribution in [0, 0.1) is 11.8 Å². The third-order valence-electron chi connectivity index (χ3n) is 3.62. The Morgan fingerprint density at radius 3 is 2.67 bits per heavy atom. The lowest BCUT2D eigenvalue weighted by atomic mass is 10.2. The van der Waals surface area contributed by atoms with Gasteiger partial charge >= 0.3 is 0 Å². The van der Waals surface area contributed by atoms with Gasteiger partial charge in [-0.1, -0.05) is 6.92 Å². The molecule has 0 radical (unpaired) electrons. The second-order valence-electron chi connectivity index (χ2n) is 5.32. The van der Waals surface area contributed by atoms with Crippen molar-refractivity contribution in [1.29, 1.82) is 0 Å². The highest BCUT2D eigenvalue weighted by Gasteiger charge is 2.32. The summed E-state index contributed by atoms with van der Waals surface area (Å²) in [6.45, 7) is 4.89. The summed E-state index contributed by atoms with van der Waals surface area (Å²) in [6, 6.07) is 4.05. The number of amides is 1. The first-order chi connectivity index (χ1) is 9.82. The third-order valence-corrected chi connectivity index (χ3v) is 4.54. The highest BCUT2D eigenvalue weighted by Crippen LogP contribution is 2.36. The minimum atomic E-state index is -3.85. The van der Waals surface area contributed by atoms with E-state index in [0.717, 1.165) is 6.42 Å². The van der Waals surface area contributed by atoms with Crippen LogP contribution in [0.4, 0.5) is 0 Å². The second kappa shape index (κ2) is 6.03. The quantitative estimate of drug-likeness (QED) is 0.822. The third kappa shape index (κ3) is 3.95. The molecule has 1 amide bonds. The van der Waals surface area contributed by atoms with Gasteiger partial charge in [0.25, 0.3) is 5.91 Å². The molecular formula is C14H20N2O4S. The summed E-state index contributed by atoms with van der Waals surface area (Å²) < 4.78 is 28.2. The molecule has 2 unspecified atom stereocenters. The Balaban J connectivity index is 2.22. The minimum absolute atomic E-state index is 0.101. The molecule has 1 fully saturated rings. The van der Waals surface area contributed by atoms with Crippen LogP contribution in [0.2, 0.25) is 0 Å². The molecule has 0 aromatic heterocycles. The number of hydrogen-bond donors (Lipinski definition) is 2. The summed E-state index contributed by atoms with van der Waals surface area (Å²) in [5.74, 6) is 1.15. The maximum absolute atomic E-state index is 12.2. The largest absolute Gasteiger partial charge is 0.493 e. The molecule has 0 spiro atoms. The summed E-state index contributed by atoms with van der Waals surface area (Å²) in [6.07, 6.45) is 1.11. The van der Waals surface area contributed by atoms with E-state index in [0.29, 0.717) is 30.7 Å². The van der Waals surface area contributed by atoms with Crippen molar-refractivity contribution in [2.24, 2.45) is 17.0 Å². The van der Waals surface area contributed by atoms with Gasteiger partial charge in [0.15, 0.2) is 0 Å². The van der Waals surface area contributed by atoms with E-state index in [2.05, 4.69) is 12.2 Å². The first-order valence-electron chi connectivity index (χ1n) is 6.90. The van der Waals surface area contributed by atoms with Crippen molar-refractivity contribution in [3.8, 4) is 5.75 Å². The van der Waals surface area contributed by atoms with Gasteiger partial charge in [-0.2, -0.15) is 0 Å². The normalized spacial score (nSPS) is 20.9. The summed E-state index contributed by atoms with van der Waals surface area (Å²) >= 11 is 0. The number of primary sulfonamides is 1. The molecule has 1 aromatic carbocycles. The Kier molecular flexibility index (Phi) is 4.53. The van der Waals surface area contributed by atoms with E-state index in [1.807, 2.05) is 0 Å². The van der Waals surface area contributed by atoms with Gasteiger partial charge < -0.3 is 10.1 Å². The SMILES string of the molecule is CCOc1ccc(S(N)(=O)=O)cc1C(=O)NCC1CC1C. The van der Waals surface area contributed by atoms with Crippen LogP contribution >= 0.6 is 0 Å². The molecule has 0 bridgehead atoms. The summed E-state index contributed by atoms with van der Waals surface area (Å²) in [5, 5.41) is 7.91. The lowest BCUT2D eigenvalue weighted by Crippen LogP contribution is -2.27. The van der Waals surface area contributed by atoms with Crippen LogP contribution in [0.5, 0.6) is 5.75 Å². The number of nitrogens with one attached hydrogen (secondary N) is 1. The zero-order valence-electron chi connectivity index (χ0n) is 12.1. The molecule has 21 heavy (non-hydrogen) atoms. The van der Waals surface area contributed by atoms with E-state index in [9.17, 15) is 13.2 Å². The number of sulfonamides is 1. The topological polar surface area (TPSA) is 98.5 Å². The fourth-order valence-corrected chi connectivity index (χ4v) is 2.69.